The Morgan fingerprint density at radius 2 is 1.80 bits per heavy atom. The zero-order valence-corrected chi connectivity index (χ0v) is 20.7. The first-order valence-corrected chi connectivity index (χ1v) is 13.3. The van der Waals surface area contributed by atoms with Crippen LogP contribution in [0.5, 0.6) is 0 Å². The van der Waals surface area contributed by atoms with Crippen molar-refractivity contribution < 1.29 is 0 Å². The summed E-state index contributed by atoms with van der Waals surface area (Å²) in [5.74, 6) is 0.605. The molecule has 0 amide bonds. The molecule has 5 heteroatoms. The number of benzene rings is 2. The summed E-state index contributed by atoms with van der Waals surface area (Å²) >= 11 is 0. The van der Waals surface area contributed by atoms with Crippen LogP contribution in [0.4, 0.5) is 5.69 Å². The second-order valence-electron chi connectivity index (χ2n) is 10.4. The van der Waals surface area contributed by atoms with Crippen molar-refractivity contribution in [2.75, 3.05) is 31.1 Å². The Bertz CT molecular complexity index is 1360. The van der Waals surface area contributed by atoms with Crippen LogP contribution < -0.4 is 4.90 Å². The zero-order valence-electron chi connectivity index (χ0n) is 20.7. The molecule has 3 heterocycles. The molecule has 180 valence electrons. The van der Waals surface area contributed by atoms with E-state index in [1.807, 2.05) is 12.3 Å². The van der Waals surface area contributed by atoms with E-state index < -0.39 is 0 Å². The highest BCUT2D eigenvalue weighted by molar-refractivity contribution is 5.92. The van der Waals surface area contributed by atoms with E-state index in [1.54, 1.807) is 0 Å². The number of aryl methyl sites for hydroxylation is 1. The molecule has 2 aromatic heterocycles. The summed E-state index contributed by atoms with van der Waals surface area (Å²) in [4.78, 5) is 8.66. The topological polar surface area (TPSA) is 51.0 Å². The summed E-state index contributed by atoms with van der Waals surface area (Å²) in [7, 11) is 0. The fourth-order valence-electron chi connectivity index (χ4n) is 6.57. The van der Waals surface area contributed by atoms with Gasteiger partial charge in [-0.2, -0.15) is 5.26 Å². The van der Waals surface area contributed by atoms with Crippen LogP contribution in [0.25, 0.3) is 21.8 Å². The summed E-state index contributed by atoms with van der Waals surface area (Å²) < 4.78 is 2.40. The number of aromatic nitrogens is 2. The van der Waals surface area contributed by atoms with Gasteiger partial charge in [0.05, 0.1) is 11.6 Å². The maximum Gasteiger partial charge on any atom is 0.0991 e. The third kappa shape index (κ3) is 4.10. The third-order valence-corrected chi connectivity index (χ3v) is 8.39. The maximum absolute atomic E-state index is 9.45. The van der Waals surface area contributed by atoms with E-state index in [1.165, 1.54) is 58.7 Å². The highest BCUT2D eigenvalue weighted by atomic mass is 15.3. The van der Waals surface area contributed by atoms with Crippen LogP contribution in [-0.2, 0) is 6.54 Å². The normalized spacial score (nSPS) is 21.5. The average molecular weight is 466 g/mol. The molecular formula is C30H35N5. The van der Waals surface area contributed by atoms with Crippen LogP contribution in [-0.4, -0.2) is 46.7 Å². The Balaban J connectivity index is 1.12. The van der Waals surface area contributed by atoms with Crippen molar-refractivity contribution in [2.45, 2.75) is 57.5 Å². The summed E-state index contributed by atoms with van der Waals surface area (Å²) in [5, 5.41) is 12.1. The third-order valence-electron chi connectivity index (χ3n) is 8.39. The minimum atomic E-state index is 0.605. The quantitative estimate of drug-likeness (QED) is 0.379. The predicted molar refractivity (Wildman–Crippen MR) is 144 cm³/mol. The number of hydrogen-bond donors (Lipinski definition) is 1. The Kier molecular flexibility index (Phi) is 6.00. The second-order valence-corrected chi connectivity index (χ2v) is 10.4. The number of anilines is 1. The van der Waals surface area contributed by atoms with Gasteiger partial charge in [0.2, 0.25) is 0 Å². The lowest BCUT2D eigenvalue weighted by Crippen LogP contribution is -2.51. The molecule has 0 spiro atoms. The molecule has 5 nitrogen and oxygen atoms in total. The van der Waals surface area contributed by atoms with Gasteiger partial charge in [-0.15, -0.1) is 0 Å². The van der Waals surface area contributed by atoms with E-state index in [4.69, 9.17) is 0 Å². The number of H-pyrrole nitrogens is 1. The number of piperazine rings is 1. The number of aromatic amines is 1. The van der Waals surface area contributed by atoms with Crippen molar-refractivity contribution in [3.8, 4) is 6.07 Å². The van der Waals surface area contributed by atoms with Crippen LogP contribution in [0.1, 0.15) is 56.1 Å². The predicted octanol–water partition coefficient (Wildman–Crippen LogP) is 6.25. The molecule has 35 heavy (non-hydrogen) atoms. The molecule has 1 N–H and O–H groups in total. The first kappa shape index (κ1) is 22.2. The van der Waals surface area contributed by atoms with E-state index in [0.717, 1.165) is 44.7 Å². The van der Waals surface area contributed by atoms with Crippen molar-refractivity contribution in [3.05, 3.63) is 66.0 Å². The van der Waals surface area contributed by atoms with Gasteiger partial charge in [0.15, 0.2) is 0 Å². The molecular weight excluding hydrogens is 430 g/mol. The van der Waals surface area contributed by atoms with Crippen molar-refractivity contribution in [2.24, 2.45) is 0 Å². The lowest BCUT2D eigenvalue weighted by atomic mass is 9.81. The first-order valence-electron chi connectivity index (χ1n) is 13.3. The van der Waals surface area contributed by atoms with Gasteiger partial charge >= 0.3 is 0 Å². The Morgan fingerprint density at radius 3 is 2.57 bits per heavy atom. The van der Waals surface area contributed by atoms with Crippen molar-refractivity contribution in [3.63, 3.8) is 0 Å². The van der Waals surface area contributed by atoms with Crippen LogP contribution in [0.15, 0.2) is 54.9 Å². The van der Waals surface area contributed by atoms with Crippen LogP contribution in [0.2, 0.25) is 0 Å². The first-order chi connectivity index (χ1) is 17.2. The minimum Gasteiger partial charge on any atom is -0.368 e. The molecule has 0 unspecified atom stereocenters. The summed E-state index contributed by atoms with van der Waals surface area (Å²) in [5.41, 5.74) is 6.12. The Morgan fingerprint density at radius 1 is 0.971 bits per heavy atom. The Hall–Kier alpha value is -3.23. The second kappa shape index (κ2) is 9.43. The SMILES string of the molecule is CCCn1cc(C2CCC(N3CCN(c4cccc5[nH]ccc45)CC3)CC2)c2cc(C#N)ccc21. The minimum absolute atomic E-state index is 0.605. The molecule has 0 atom stereocenters. The molecule has 4 aromatic rings. The van der Waals surface area contributed by atoms with Crippen molar-refractivity contribution in [1.29, 1.82) is 5.26 Å². The average Bonchev–Trinajstić information content (AvgIpc) is 3.54. The highest BCUT2D eigenvalue weighted by Gasteiger charge is 2.30. The van der Waals surface area contributed by atoms with E-state index in [-0.39, 0.29) is 0 Å². The molecule has 6 rings (SSSR count). The van der Waals surface area contributed by atoms with Gasteiger partial charge in [0, 0.05) is 78.7 Å². The summed E-state index contributed by atoms with van der Waals surface area (Å²) in [6.07, 6.45) is 10.6. The smallest absolute Gasteiger partial charge is 0.0991 e. The molecule has 1 aliphatic heterocycles. The van der Waals surface area contributed by atoms with Crippen molar-refractivity contribution >= 4 is 27.5 Å². The van der Waals surface area contributed by atoms with Gasteiger partial charge in [0.1, 0.15) is 0 Å². The van der Waals surface area contributed by atoms with E-state index in [0.29, 0.717) is 12.0 Å². The molecule has 2 aliphatic rings. The number of nitrogens with one attached hydrogen (secondary N) is 1. The van der Waals surface area contributed by atoms with Gasteiger partial charge in [-0.1, -0.05) is 13.0 Å². The maximum atomic E-state index is 9.45. The molecule has 1 aliphatic carbocycles. The monoisotopic (exact) mass is 465 g/mol. The van der Waals surface area contributed by atoms with Crippen molar-refractivity contribution in [1.82, 2.24) is 14.5 Å². The van der Waals surface area contributed by atoms with E-state index >= 15 is 0 Å². The van der Waals surface area contributed by atoms with Gasteiger partial charge in [-0.25, -0.2) is 0 Å². The zero-order chi connectivity index (χ0) is 23.8. The molecule has 1 saturated carbocycles. The summed E-state index contributed by atoms with van der Waals surface area (Å²) in [6, 6.07) is 18.1. The highest BCUT2D eigenvalue weighted by Crippen LogP contribution is 2.39. The number of fused-ring (bicyclic) bond motifs is 2. The van der Waals surface area contributed by atoms with Crippen LogP contribution in [0, 0.1) is 11.3 Å². The van der Waals surface area contributed by atoms with Crippen LogP contribution >= 0.6 is 0 Å². The molecule has 2 fully saturated rings. The molecule has 0 bridgehead atoms. The number of nitriles is 1. The van der Waals surface area contributed by atoms with Gasteiger partial charge in [-0.05, 0) is 80.0 Å². The largest absolute Gasteiger partial charge is 0.368 e. The fraction of sp³-hybridized carbons (Fsp3) is 0.433. The Labute approximate surface area is 207 Å². The standard InChI is InChI=1S/C30H35N5/c1-2-14-35-21-27(26-19-22(20-31)6-11-30(26)35)23-7-9-24(10-8-23)33-15-17-34(18-16-33)29-5-3-4-28-25(29)12-13-32-28/h3-6,11-13,19,21,23-24,32H,2,7-10,14-18H2,1H3. The number of nitrogens with zero attached hydrogens (tertiary/aromatic N) is 4. The number of hydrogen-bond acceptors (Lipinski definition) is 3. The lowest BCUT2D eigenvalue weighted by molar-refractivity contribution is 0.141. The molecule has 0 radical (unpaired) electrons. The van der Waals surface area contributed by atoms with Crippen LogP contribution in [0.3, 0.4) is 0 Å². The number of rotatable bonds is 5. The van der Waals surface area contributed by atoms with E-state index in [2.05, 4.69) is 74.9 Å². The fourth-order valence-corrected chi connectivity index (χ4v) is 6.57. The molecule has 1 saturated heterocycles. The summed E-state index contributed by atoms with van der Waals surface area (Å²) in [6.45, 7) is 7.78. The van der Waals surface area contributed by atoms with E-state index in [9.17, 15) is 5.26 Å². The van der Waals surface area contributed by atoms with Gasteiger partial charge < -0.3 is 14.5 Å². The van der Waals surface area contributed by atoms with Gasteiger partial charge in [-0.3, -0.25) is 4.90 Å². The lowest BCUT2D eigenvalue weighted by Gasteiger charge is -2.42. The molecule has 2 aromatic carbocycles. The van der Waals surface area contributed by atoms with Gasteiger partial charge in [0.25, 0.3) is 0 Å².